The predicted octanol–water partition coefficient (Wildman–Crippen LogP) is 3.88. The number of hydrogen-bond acceptors (Lipinski definition) is 5. The molecule has 0 spiro atoms. The van der Waals surface area contributed by atoms with Crippen LogP contribution in [0.3, 0.4) is 0 Å². The summed E-state index contributed by atoms with van der Waals surface area (Å²) < 4.78 is 33.1. The Labute approximate surface area is 192 Å². The van der Waals surface area contributed by atoms with Crippen molar-refractivity contribution in [3.8, 4) is 0 Å². The fraction of sp³-hybridized carbons (Fsp3) is 0.560. The summed E-state index contributed by atoms with van der Waals surface area (Å²) >= 11 is 0. The zero-order valence-corrected chi connectivity index (χ0v) is 19.9. The predicted molar refractivity (Wildman–Crippen MR) is 128 cm³/mol. The third kappa shape index (κ3) is 6.09. The van der Waals surface area contributed by atoms with Crippen LogP contribution in [-0.2, 0) is 14.8 Å². The van der Waals surface area contributed by atoms with Crippen molar-refractivity contribution in [1.29, 1.82) is 0 Å². The van der Waals surface area contributed by atoms with Gasteiger partial charge in [0.1, 0.15) is 5.82 Å². The topological polar surface area (TPSA) is 71.5 Å². The van der Waals surface area contributed by atoms with Crippen molar-refractivity contribution in [3.63, 3.8) is 0 Å². The standard InChI is InChI=1S/C25H35N3O3S/c1-19-7-6-15-26-25(19)28-16-14-24(27-32(2,29)30)22(17-28)18-31-23-12-10-21(11-13-23)20-8-4-3-5-9-20/h3-9,15,21-24,27H,10-14,16-18H2,1-2H3/t21?,22-,23?,24?/m0/s1. The highest BCUT2D eigenvalue weighted by molar-refractivity contribution is 7.88. The Kier molecular flexibility index (Phi) is 7.48. The summed E-state index contributed by atoms with van der Waals surface area (Å²) in [4.78, 5) is 6.84. The van der Waals surface area contributed by atoms with Gasteiger partial charge in [0, 0.05) is 31.2 Å². The quantitative estimate of drug-likeness (QED) is 0.683. The molecule has 2 fully saturated rings. The summed E-state index contributed by atoms with van der Waals surface area (Å²) in [5, 5.41) is 0. The average Bonchev–Trinajstić information content (AvgIpc) is 2.79. The van der Waals surface area contributed by atoms with E-state index in [0.29, 0.717) is 12.5 Å². The lowest BCUT2D eigenvalue weighted by molar-refractivity contribution is -0.00214. The highest BCUT2D eigenvalue weighted by atomic mass is 32.2. The monoisotopic (exact) mass is 457 g/mol. The van der Waals surface area contributed by atoms with Gasteiger partial charge in [-0.25, -0.2) is 18.1 Å². The molecule has 7 heteroatoms. The molecule has 2 heterocycles. The number of benzene rings is 1. The van der Waals surface area contributed by atoms with Crippen molar-refractivity contribution < 1.29 is 13.2 Å². The number of nitrogens with zero attached hydrogens (tertiary/aromatic N) is 2. The van der Waals surface area contributed by atoms with Gasteiger partial charge in [-0.3, -0.25) is 0 Å². The number of aryl methyl sites for hydroxylation is 1. The number of hydrogen-bond donors (Lipinski definition) is 1. The fourth-order valence-corrected chi connectivity index (χ4v) is 6.04. The largest absolute Gasteiger partial charge is 0.378 e. The molecule has 32 heavy (non-hydrogen) atoms. The second kappa shape index (κ2) is 10.3. The zero-order valence-electron chi connectivity index (χ0n) is 19.1. The Morgan fingerprint density at radius 2 is 1.81 bits per heavy atom. The van der Waals surface area contributed by atoms with E-state index in [1.54, 1.807) is 0 Å². The lowest BCUT2D eigenvalue weighted by Gasteiger charge is -2.40. The molecule has 1 saturated carbocycles. The molecule has 1 N–H and O–H groups in total. The van der Waals surface area contributed by atoms with Crippen LogP contribution in [0.2, 0.25) is 0 Å². The molecule has 2 aromatic rings. The van der Waals surface area contributed by atoms with Gasteiger partial charge >= 0.3 is 0 Å². The van der Waals surface area contributed by atoms with Crippen LogP contribution in [-0.4, -0.2) is 51.5 Å². The van der Waals surface area contributed by atoms with Crippen LogP contribution in [0, 0.1) is 12.8 Å². The van der Waals surface area contributed by atoms with Crippen molar-refractivity contribution >= 4 is 15.8 Å². The summed E-state index contributed by atoms with van der Waals surface area (Å²) in [6.45, 7) is 4.16. The van der Waals surface area contributed by atoms with Gasteiger partial charge in [-0.1, -0.05) is 36.4 Å². The molecule has 4 rings (SSSR count). The summed E-state index contributed by atoms with van der Waals surface area (Å²) in [7, 11) is -3.27. The second-order valence-electron chi connectivity index (χ2n) is 9.35. The van der Waals surface area contributed by atoms with E-state index in [-0.39, 0.29) is 18.1 Å². The molecule has 1 unspecified atom stereocenters. The van der Waals surface area contributed by atoms with Crippen molar-refractivity contribution in [1.82, 2.24) is 9.71 Å². The molecule has 6 nitrogen and oxygen atoms in total. The normalized spacial score (nSPS) is 26.8. The number of rotatable bonds is 7. The van der Waals surface area contributed by atoms with Crippen molar-refractivity contribution in [3.05, 3.63) is 59.8 Å². The molecule has 0 bridgehead atoms. The van der Waals surface area contributed by atoms with E-state index < -0.39 is 10.0 Å². The number of aromatic nitrogens is 1. The van der Waals surface area contributed by atoms with Gasteiger partial charge in [0.25, 0.3) is 0 Å². The lowest BCUT2D eigenvalue weighted by atomic mass is 9.82. The zero-order chi connectivity index (χ0) is 22.6. The lowest BCUT2D eigenvalue weighted by Crippen LogP contribution is -2.53. The molecule has 2 atom stereocenters. The van der Waals surface area contributed by atoms with E-state index in [4.69, 9.17) is 4.74 Å². The minimum atomic E-state index is -3.27. The van der Waals surface area contributed by atoms with Gasteiger partial charge in [0.05, 0.1) is 19.0 Å². The van der Waals surface area contributed by atoms with Gasteiger partial charge < -0.3 is 9.64 Å². The molecule has 174 valence electrons. The number of nitrogens with one attached hydrogen (secondary N) is 1. The smallest absolute Gasteiger partial charge is 0.208 e. The van der Waals surface area contributed by atoms with Crippen molar-refractivity contribution in [2.24, 2.45) is 5.92 Å². The van der Waals surface area contributed by atoms with E-state index in [1.165, 1.54) is 11.8 Å². The van der Waals surface area contributed by atoms with Crippen LogP contribution >= 0.6 is 0 Å². The molecule has 1 saturated heterocycles. The fourth-order valence-electron chi connectivity index (χ4n) is 5.18. The SMILES string of the molecule is Cc1cccnc1N1CCC(NS(C)(=O)=O)[C@H](COC2CCC(c3ccccc3)CC2)C1. The summed E-state index contributed by atoms with van der Waals surface area (Å²) in [6, 6.07) is 14.7. The highest BCUT2D eigenvalue weighted by Crippen LogP contribution is 2.34. The Bertz CT molecular complexity index is 975. The van der Waals surface area contributed by atoms with Gasteiger partial charge in [-0.15, -0.1) is 0 Å². The molecule has 2 aliphatic rings. The van der Waals surface area contributed by atoms with Crippen molar-refractivity contribution in [2.45, 2.75) is 57.1 Å². The minimum absolute atomic E-state index is 0.0896. The van der Waals surface area contributed by atoms with Gasteiger partial charge in [0.15, 0.2) is 0 Å². The Hall–Kier alpha value is -1.96. The molecule has 0 radical (unpaired) electrons. The van der Waals surface area contributed by atoms with Crippen LogP contribution in [0.15, 0.2) is 48.7 Å². The summed E-state index contributed by atoms with van der Waals surface area (Å²) in [6.07, 6.45) is 8.45. The molecule has 1 aliphatic heterocycles. The van der Waals surface area contributed by atoms with E-state index >= 15 is 0 Å². The number of sulfonamides is 1. The molecule has 1 aromatic carbocycles. The van der Waals surface area contributed by atoms with Gasteiger partial charge in [-0.2, -0.15) is 0 Å². The van der Waals surface area contributed by atoms with Gasteiger partial charge in [0.2, 0.25) is 10.0 Å². The van der Waals surface area contributed by atoms with Crippen LogP contribution < -0.4 is 9.62 Å². The molecule has 1 aromatic heterocycles. The van der Waals surface area contributed by atoms with E-state index in [1.807, 2.05) is 12.3 Å². The molecular formula is C25H35N3O3S. The molecule has 1 aliphatic carbocycles. The summed E-state index contributed by atoms with van der Waals surface area (Å²) in [5.41, 5.74) is 2.57. The Balaban J connectivity index is 1.36. The number of pyridine rings is 1. The van der Waals surface area contributed by atoms with E-state index in [9.17, 15) is 8.42 Å². The first-order valence-electron chi connectivity index (χ1n) is 11.7. The van der Waals surface area contributed by atoms with E-state index in [0.717, 1.165) is 56.6 Å². The number of anilines is 1. The molecule has 0 amide bonds. The summed E-state index contributed by atoms with van der Waals surface area (Å²) in [5.74, 6) is 1.69. The van der Waals surface area contributed by atoms with Crippen LogP contribution in [0.5, 0.6) is 0 Å². The van der Waals surface area contributed by atoms with E-state index in [2.05, 4.69) is 57.9 Å². The first kappa shape index (κ1) is 23.2. The van der Waals surface area contributed by atoms with Crippen LogP contribution in [0.4, 0.5) is 5.82 Å². The van der Waals surface area contributed by atoms with Gasteiger partial charge in [-0.05, 0) is 62.1 Å². The maximum atomic E-state index is 11.9. The second-order valence-corrected chi connectivity index (χ2v) is 11.1. The minimum Gasteiger partial charge on any atom is -0.378 e. The molecular weight excluding hydrogens is 422 g/mol. The highest BCUT2D eigenvalue weighted by Gasteiger charge is 2.33. The maximum absolute atomic E-state index is 11.9. The third-order valence-electron chi connectivity index (χ3n) is 6.87. The first-order chi connectivity index (χ1) is 15.4. The van der Waals surface area contributed by atoms with Crippen LogP contribution in [0.25, 0.3) is 0 Å². The Morgan fingerprint density at radius 3 is 2.50 bits per heavy atom. The van der Waals surface area contributed by atoms with Crippen LogP contribution in [0.1, 0.15) is 49.1 Å². The number of ether oxygens (including phenoxy) is 1. The van der Waals surface area contributed by atoms with Crippen molar-refractivity contribution in [2.75, 3.05) is 30.9 Å². The average molecular weight is 458 g/mol. The maximum Gasteiger partial charge on any atom is 0.208 e. The third-order valence-corrected chi connectivity index (χ3v) is 7.60. The number of piperidine rings is 1. The first-order valence-corrected chi connectivity index (χ1v) is 13.6. The Morgan fingerprint density at radius 1 is 1.06 bits per heavy atom.